The molecule has 0 bridgehead atoms. The van der Waals surface area contributed by atoms with Crippen molar-refractivity contribution in [3.05, 3.63) is 0 Å². The number of nitrogens with zero attached hydrogens (tertiary/aromatic N) is 1. The van der Waals surface area contributed by atoms with Crippen LogP contribution in [0.3, 0.4) is 0 Å². The number of hydrogen-bond donors (Lipinski definition) is 1. The molecule has 1 aliphatic heterocycles. The van der Waals surface area contributed by atoms with Gasteiger partial charge in [-0.3, -0.25) is 4.90 Å². The highest BCUT2D eigenvalue weighted by molar-refractivity contribution is 5.05. The standard InChI is InChI=1S/C17H32N2/c1-4-15-11-18-16(3,14-7-8-14)12-19(15)13-17(5-2)9-6-10-17/h14-15,18H,4-13H2,1-3H3. The molecule has 19 heavy (non-hydrogen) atoms. The largest absolute Gasteiger partial charge is 0.308 e. The summed E-state index contributed by atoms with van der Waals surface area (Å²) < 4.78 is 0. The van der Waals surface area contributed by atoms with Crippen molar-refractivity contribution in [1.29, 1.82) is 0 Å². The lowest BCUT2D eigenvalue weighted by molar-refractivity contribution is -0.00126. The molecule has 110 valence electrons. The van der Waals surface area contributed by atoms with Crippen LogP contribution >= 0.6 is 0 Å². The van der Waals surface area contributed by atoms with E-state index in [1.54, 1.807) is 0 Å². The predicted octanol–water partition coefficient (Wildman–Crippen LogP) is 3.42. The Balaban J connectivity index is 1.68. The van der Waals surface area contributed by atoms with E-state index in [0.717, 1.165) is 12.0 Å². The maximum absolute atomic E-state index is 3.89. The summed E-state index contributed by atoms with van der Waals surface area (Å²) in [5, 5.41) is 3.89. The highest BCUT2D eigenvalue weighted by atomic mass is 15.3. The molecular weight excluding hydrogens is 232 g/mol. The van der Waals surface area contributed by atoms with Crippen molar-refractivity contribution in [3.8, 4) is 0 Å². The molecule has 1 saturated heterocycles. The Bertz CT molecular complexity index is 312. The molecule has 0 amide bonds. The van der Waals surface area contributed by atoms with E-state index in [1.807, 2.05) is 0 Å². The minimum atomic E-state index is 0.407. The van der Waals surface area contributed by atoms with E-state index in [-0.39, 0.29) is 0 Å². The van der Waals surface area contributed by atoms with Crippen LogP contribution in [0.2, 0.25) is 0 Å². The fourth-order valence-electron chi connectivity index (χ4n) is 4.40. The maximum atomic E-state index is 3.89. The molecule has 2 nitrogen and oxygen atoms in total. The number of piperazine rings is 1. The lowest BCUT2D eigenvalue weighted by atomic mass is 9.66. The Labute approximate surface area is 119 Å². The van der Waals surface area contributed by atoms with Gasteiger partial charge in [0.1, 0.15) is 0 Å². The van der Waals surface area contributed by atoms with Crippen molar-refractivity contribution < 1.29 is 0 Å². The van der Waals surface area contributed by atoms with Crippen LogP contribution in [0, 0.1) is 11.3 Å². The molecule has 1 heterocycles. The second-order valence-electron chi connectivity index (χ2n) is 7.75. The lowest BCUT2D eigenvalue weighted by Gasteiger charge is -2.52. The third kappa shape index (κ3) is 2.58. The van der Waals surface area contributed by atoms with Gasteiger partial charge in [-0.1, -0.05) is 20.3 Å². The van der Waals surface area contributed by atoms with Crippen LogP contribution in [-0.4, -0.2) is 36.1 Å². The predicted molar refractivity (Wildman–Crippen MR) is 81.4 cm³/mol. The average molecular weight is 264 g/mol. The van der Waals surface area contributed by atoms with Crippen molar-refractivity contribution in [1.82, 2.24) is 10.2 Å². The topological polar surface area (TPSA) is 15.3 Å². The summed E-state index contributed by atoms with van der Waals surface area (Å²) in [5.41, 5.74) is 1.08. The van der Waals surface area contributed by atoms with Gasteiger partial charge < -0.3 is 5.32 Å². The van der Waals surface area contributed by atoms with Crippen LogP contribution in [0.4, 0.5) is 0 Å². The smallest absolute Gasteiger partial charge is 0.0309 e. The first-order valence-electron chi connectivity index (χ1n) is 8.60. The Hall–Kier alpha value is -0.0800. The molecule has 0 aromatic rings. The number of rotatable bonds is 5. The third-order valence-electron chi connectivity index (χ3n) is 6.44. The summed E-state index contributed by atoms with van der Waals surface area (Å²) in [6.07, 6.45) is 10.0. The van der Waals surface area contributed by atoms with Crippen LogP contribution in [0.25, 0.3) is 0 Å². The normalized spacial score (nSPS) is 39.0. The zero-order chi connectivity index (χ0) is 13.5. The van der Waals surface area contributed by atoms with Crippen molar-refractivity contribution in [3.63, 3.8) is 0 Å². The molecule has 2 heteroatoms. The summed E-state index contributed by atoms with van der Waals surface area (Å²) >= 11 is 0. The van der Waals surface area contributed by atoms with Gasteiger partial charge in [0.2, 0.25) is 0 Å². The van der Waals surface area contributed by atoms with Gasteiger partial charge in [-0.25, -0.2) is 0 Å². The second kappa shape index (κ2) is 5.04. The minimum Gasteiger partial charge on any atom is -0.308 e. The molecule has 2 atom stereocenters. The summed E-state index contributed by atoms with van der Waals surface area (Å²) in [7, 11) is 0. The molecule has 2 saturated carbocycles. The van der Waals surface area contributed by atoms with Crippen LogP contribution in [0.5, 0.6) is 0 Å². The molecular formula is C17H32N2. The molecule has 0 aromatic carbocycles. The maximum Gasteiger partial charge on any atom is 0.0309 e. The van der Waals surface area contributed by atoms with E-state index < -0.39 is 0 Å². The van der Waals surface area contributed by atoms with Crippen molar-refractivity contribution in [2.45, 2.75) is 77.3 Å². The van der Waals surface area contributed by atoms with Crippen molar-refractivity contribution in [2.24, 2.45) is 11.3 Å². The quantitative estimate of drug-likeness (QED) is 0.818. The molecule has 3 fully saturated rings. The first-order chi connectivity index (χ1) is 9.11. The van der Waals surface area contributed by atoms with Gasteiger partial charge in [0.15, 0.2) is 0 Å². The number of nitrogens with one attached hydrogen (secondary N) is 1. The van der Waals surface area contributed by atoms with E-state index in [9.17, 15) is 0 Å². The SMILES string of the molecule is CCC1CNC(C)(C2CC2)CN1CC1(CC)CCC1. The van der Waals surface area contributed by atoms with Gasteiger partial charge in [-0.2, -0.15) is 0 Å². The fourth-order valence-corrected chi connectivity index (χ4v) is 4.40. The first kappa shape index (κ1) is 13.9. The molecule has 2 unspecified atom stereocenters. The zero-order valence-corrected chi connectivity index (χ0v) is 13.2. The van der Waals surface area contributed by atoms with E-state index >= 15 is 0 Å². The average Bonchev–Trinajstić information content (AvgIpc) is 3.18. The molecule has 3 aliphatic rings. The molecule has 1 N–H and O–H groups in total. The van der Waals surface area contributed by atoms with Gasteiger partial charge in [0.05, 0.1) is 0 Å². The summed E-state index contributed by atoms with van der Waals surface area (Å²) in [6.45, 7) is 11.1. The zero-order valence-electron chi connectivity index (χ0n) is 13.2. The minimum absolute atomic E-state index is 0.407. The fraction of sp³-hybridized carbons (Fsp3) is 1.00. The highest BCUT2D eigenvalue weighted by Crippen LogP contribution is 2.46. The van der Waals surface area contributed by atoms with E-state index in [0.29, 0.717) is 11.0 Å². The van der Waals surface area contributed by atoms with Gasteiger partial charge in [-0.15, -0.1) is 0 Å². The van der Waals surface area contributed by atoms with Gasteiger partial charge in [-0.05, 0) is 56.8 Å². The van der Waals surface area contributed by atoms with Gasteiger partial charge in [0, 0.05) is 31.2 Å². The second-order valence-corrected chi connectivity index (χ2v) is 7.75. The highest BCUT2D eigenvalue weighted by Gasteiger charge is 2.47. The molecule has 0 aromatic heterocycles. The monoisotopic (exact) mass is 264 g/mol. The van der Waals surface area contributed by atoms with Crippen molar-refractivity contribution in [2.75, 3.05) is 19.6 Å². The van der Waals surface area contributed by atoms with Crippen LogP contribution < -0.4 is 5.32 Å². The Morgan fingerprint density at radius 2 is 1.95 bits per heavy atom. The lowest BCUT2D eigenvalue weighted by Crippen LogP contribution is -2.65. The van der Waals surface area contributed by atoms with E-state index in [4.69, 9.17) is 0 Å². The molecule has 0 spiro atoms. The molecule has 0 radical (unpaired) electrons. The summed E-state index contributed by atoms with van der Waals surface area (Å²) in [4.78, 5) is 2.86. The first-order valence-corrected chi connectivity index (χ1v) is 8.60. The van der Waals surface area contributed by atoms with E-state index in [1.165, 1.54) is 64.6 Å². The number of hydrogen-bond acceptors (Lipinski definition) is 2. The van der Waals surface area contributed by atoms with Crippen molar-refractivity contribution >= 4 is 0 Å². The van der Waals surface area contributed by atoms with Gasteiger partial charge >= 0.3 is 0 Å². The summed E-state index contributed by atoms with van der Waals surface area (Å²) in [6, 6.07) is 0.774. The van der Waals surface area contributed by atoms with Gasteiger partial charge in [0.25, 0.3) is 0 Å². The van der Waals surface area contributed by atoms with Crippen LogP contribution in [-0.2, 0) is 0 Å². The molecule has 2 aliphatic carbocycles. The summed E-state index contributed by atoms with van der Waals surface area (Å²) in [5.74, 6) is 0.951. The Morgan fingerprint density at radius 3 is 2.42 bits per heavy atom. The Morgan fingerprint density at radius 1 is 1.21 bits per heavy atom. The van der Waals surface area contributed by atoms with Crippen LogP contribution in [0.1, 0.15) is 65.7 Å². The molecule has 3 rings (SSSR count). The van der Waals surface area contributed by atoms with Crippen LogP contribution in [0.15, 0.2) is 0 Å². The van der Waals surface area contributed by atoms with E-state index in [2.05, 4.69) is 31.0 Å². The third-order valence-corrected chi connectivity index (χ3v) is 6.44. The Kier molecular flexibility index (Phi) is 3.68.